The fourth-order valence-corrected chi connectivity index (χ4v) is 2.45. The first-order chi connectivity index (χ1) is 8.84. The normalized spacial score (nSPS) is 30.1. The van der Waals surface area contributed by atoms with E-state index < -0.39 is 18.1 Å². The van der Waals surface area contributed by atoms with Crippen molar-refractivity contribution in [2.45, 2.75) is 64.0 Å². The molecule has 1 rings (SSSR count). The zero-order valence-corrected chi connectivity index (χ0v) is 11.6. The highest BCUT2D eigenvalue weighted by molar-refractivity contribution is 4.97. The largest absolute Gasteiger partial charge is 0.417 e. The second-order valence-corrected chi connectivity index (χ2v) is 5.12. The number of rotatable bonds is 6. The Hall–Kier alpha value is -0.550. The van der Waals surface area contributed by atoms with Crippen LogP contribution in [-0.2, 0) is 9.47 Å². The Morgan fingerprint density at radius 2 is 1.95 bits per heavy atom. The van der Waals surface area contributed by atoms with Crippen molar-refractivity contribution < 1.29 is 22.6 Å². The molecule has 0 radical (unpaired) electrons. The molecular formula is C14H23F3O2. The van der Waals surface area contributed by atoms with Gasteiger partial charge in [0, 0.05) is 6.61 Å². The second-order valence-electron chi connectivity index (χ2n) is 5.12. The molecule has 1 unspecified atom stereocenters. The van der Waals surface area contributed by atoms with Crippen molar-refractivity contribution in [1.82, 2.24) is 0 Å². The highest BCUT2D eigenvalue weighted by Gasteiger charge is 2.57. The van der Waals surface area contributed by atoms with Crippen LogP contribution in [0, 0.1) is 5.92 Å². The third-order valence-electron chi connectivity index (χ3n) is 3.64. The van der Waals surface area contributed by atoms with Crippen LogP contribution in [0.25, 0.3) is 0 Å². The lowest BCUT2D eigenvalue weighted by atomic mass is 9.78. The van der Waals surface area contributed by atoms with E-state index in [1.165, 1.54) is 6.92 Å². The van der Waals surface area contributed by atoms with Crippen molar-refractivity contribution in [3.8, 4) is 0 Å². The van der Waals surface area contributed by atoms with E-state index in [4.69, 9.17) is 9.47 Å². The van der Waals surface area contributed by atoms with Gasteiger partial charge < -0.3 is 9.47 Å². The summed E-state index contributed by atoms with van der Waals surface area (Å²) in [5.41, 5.74) is -2.06. The Bertz CT molecular complexity index is 281. The number of hydrogen-bond acceptors (Lipinski definition) is 2. The summed E-state index contributed by atoms with van der Waals surface area (Å²) < 4.78 is 50.4. The van der Waals surface area contributed by atoms with Gasteiger partial charge in [0.2, 0.25) is 0 Å². The monoisotopic (exact) mass is 280 g/mol. The first kappa shape index (κ1) is 16.5. The molecule has 0 aromatic rings. The number of halogens is 3. The van der Waals surface area contributed by atoms with Gasteiger partial charge in [-0.1, -0.05) is 13.0 Å². The smallest absolute Gasteiger partial charge is 0.353 e. The molecule has 0 N–H and O–H groups in total. The summed E-state index contributed by atoms with van der Waals surface area (Å²) >= 11 is 0. The maximum Gasteiger partial charge on any atom is 0.417 e. The van der Waals surface area contributed by atoms with E-state index in [2.05, 4.69) is 6.58 Å². The first-order valence-electron chi connectivity index (χ1n) is 6.83. The summed E-state index contributed by atoms with van der Waals surface area (Å²) in [6.07, 6.45) is -1.82. The Morgan fingerprint density at radius 3 is 2.37 bits per heavy atom. The van der Waals surface area contributed by atoms with Crippen LogP contribution >= 0.6 is 0 Å². The summed E-state index contributed by atoms with van der Waals surface area (Å²) in [6, 6.07) is 0. The van der Waals surface area contributed by atoms with Crippen LogP contribution in [0.2, 0.25) is 0 Å². The molecule has 0 spiro atoms. The SMILES string of the molecule is C=CC1CCC(OC(C)OCCC)(C(F)(F)F)CC1. The second kappa shape index (κ2) is 6.75. The Kier molecular flexibility index (Phi) is 5.86. The van der Waals surface area contributed by atoms with Crippen LogP contribution in [0.5, 0.6) is 0 Å². The zero-order valence-electron chi connectivity index (χ0n) is 11.6. The average molecular weight is 280 g/mol. The summed E-state index contributed by atoms with van der Waals surface area (Å²) in [5, 5.41) is 0. The molecule has 19 heavy (non-hydrogen) atoms. The lowest BCUT2D eigenvalue weighted by molar-refractivity contribution is -0.330. The summed E-state index contributed by atoms with van der Waals surface area (Å²) in [4.78, 5) is 0. The molecule has 0 aliphatic heterocycles. The van der Waals surface area contributed by atoms with Gasteiger partial charge >= 0.3 is 6.18 Å². The van der Waals surface area contributed by atoms with Crippen LogP contribution in [0.1, 0.15) is 46.0 Å². The van der Waals surface area contributed by atoms with Gasteiger partial charge in [0.25, 0.3) is 0 Å². The number of ether oxygens (including phenoxy) is 2. The third-order valence-corrected chi connectivity index (χ3v) is 3.64. The quantitative estimate of drug-likeness (QED) is 0.528. The maximum atomic E-state index is 13.3. The van der Waals surface area contributed by atoms with Gasteiger partial charge in [-0.25, -0.2) is 0 Å². The lowest BCUT2D eigenvalue weighted by Gasteiger charge is -2.42. The van der Waals surface area contributed by atoms with Crippen LogP contribution in [0.15, 0.2) is 12.7 Å². The molecule has 0 bridgehead atoms. The van der Waals surface area contributed by atoms with E-state index in [-0.39, 0.29) is 18.8 Å². The Morgan fingerprint density at radius 1 is 1.37 bits per heavy atom. The van der Waals surface area contributed by atoms with Gasteiger partial charge in [-0.15, -0.1) is 6.58 Å². The predicted octanol–water partition coefficient (Wildman–Crippen LogP) is 4.45. The van der Waals surface area contributed by atoms with Gasteiger partial charge in [-0.3, -0.25) is 0 Å². The Labute approximate surface area is 113 Å². The minimum absolute atomic E-state index is 0.0208. The van der Waals surface area contributed by atoms with Crippen molar-refractivity contribution in [1.29, 1.82) is 0 Å². The minimum atomic E-state index is -4.36. The minimum Gasteiger partial charge on any atom is -0.353 e. The van der Waals surface area contributed by atoms with E-state index >= 15 is 0 Å². The van der Waals surface area contributed by atoms with E-state index in [0.29, 0.717) is 19.4 Å². The number of alkyl halides is 3. The average Bonchev–Trinajstić information content (AvgIpc) is 2.36. The summed E-state index contributed by atoms with van der Waals surface area (Å²) in [6.45, 7) is 7.49. The van der Waals surface area contributed by atoms with E-state index in [0.717, 1.165) is 6.42 Å². The van der Waals surface area contributed by atoms with Gasteiger partial charge in [0.15, 0.2) is 11.9 Å². The van der Waals surface area contributed by atoms with Crippen LogP contribution < -0.4 is 0 Å². The zero-order chi connectivity index (χ0) is 14.5. The van der Waals surface area contributed by atoms with E-state index in [1.807, 2.05) is 6.92 Å². The van der Waals surface area contributed by atoms with Crippen molar-refractivity contribution in [3.63, 3.8) is 0 Å². The topological polar surface area (TPSA) is 18.5 Å². The molecular weight excluding hydrogens is 257 g/mol. The fourth-order valence-electron chi connectivity index (χ4n) is 2.45. The van der Waals surface area contributed by atoms with Gasteiger partial charge in [0.05, 0.1) is 0 Å². The van der Waals surface area contributed by atoms with Crippen molar-refractivity contribution in [2.24, 2.45) is 5.92 Å². The van der Waals surface area contributed by atoms with Crippen LogP contribution in [0.3, 0.4) is 0 Å². The number of allylic oxidation sites excluding steroid dienone is 1. The molecule has 1 aliphatic carbocycles. The molecule has 0 amide bonds. The lowest BCUT2D eigenvalue weighted by Crippen LogP contribution is -2.52. The third kappa shape index (κ3) is 4.21. The molecule has 112 valence electrons. The number of hydrogen-bond donors (Lipinski definition) is 0. The van der Waals surface area contributed by atoms with E-state index in [9.17, 15) is 13.2 Å². The van der Waals surface area contributed by atoms with Crippen LogP contribution in [0.4, 0.5) is 13.2 Å². The molecule has 0 saturated heterocycles. The molecule has 1 aliphatic rings. The molecule has 0 heterocycles. The maximum absolute atomic E-state index is 13.3. The van der Waals surface area contributed by atoms with Gasteiger partial charge in [0.1, 0.15) is 0 Å². The van der Waals surface area contributed by atoms with Crippen molar-refractivity contribution >= 4 is 0 Å². The van der Waals surface area contributed by atoms with Gasteiger partial charge in [-0.2, -0.15) is 13.2 Å². The molecule has 2 nitrogen and oxygen atoms in total. The highest BCUT2D eigenvalue weighted by Crippen LogP contribution is 2.46. The predicted molar refractivity (Wildman–Crippen MR) is 67.7 cm³/mol. The summed E-state index contributed by atoms with van der Waals surface area (Å²) in [5.74, 6) is 0.158. The molecule has 1 fully saturated rings. The van der Waals surface area contributed by atoms with Gasteiger partial charge in [-0.05, 0) is 44.9 Å². The molecule has 0 aromatic carbocycles. The van der Waals surface area contributed by atoms with Crippen LogP contribution in [-0.4, -0.2) is 24.7 Å². The standard InChI is InChI=1S/C14H23F3O2/c1-4-10-18-11(3)19-13(14(15,16)17)8-6-12(5-2)7-9-13/h5,11-12H,2,4,6-10H2,1,3H3. The van der Waals surface area contributed by atoms with Crippen molar-refractivity contribution in [2.75, 3.05) is 6.61 Å². The first-order valence-corrected chi connectivity index (χ1v) is 6.83. The molecule has 1 saturated carbocycles. The molecule has 5 heteroatoms. The van der Waals surface area contributed by atoms with Crippen molar-refractivity contribution in [3.05, 3.63) is 12.7 Å². The highest BCUT2D eigenvalue weighted by atomic mass is 19.4. The fraction of sp³-hybridized carbons (Fsp3) is 0.857. The molecule has 1 atom stereocenters. The summed E-state index contributed by atoms with van der Waals surface area (Å²) in [7, 11) is 0. The molecule has 0 aromatic heterocycles. The Balaban J connectivity index is 2.70. The van der Waals surface area contributed by atoms with E-state index in [1.54, 1.807) is 6.08 Å².